The zero-order chi connectivity index (χ0) is 10.1. The molecule has 0 aliphatic rings. The van der Waals surface area contributed by atoms with Crippen molar-refractivity contribution < 1.29 is 4.79 Å². The van der Waals surface area contributed by atoms with Gasteiger partial charge in [-0.2, -0.15) is 0 Å². The SMILES string of the molecule is CC.NC(C=O)Cc1ccccc1. The quantitative estimate of drug-likeness (QED) is 0.719. The highest BCUT2D eigenvalue weighted by Gasteiger charge is 1.99. The summed E-state index contributed by atoms with van der Waals surface area (Å²) in [6, 6.07) is 9.37. The maximum Gasteiger partial charge on any atom is 0.137 e. The second kappa shape index (κ2) is 7.50. The minimum atomic E-state index is -0.364. The zero-order valence-electron chi connectivity index (χ0n) is 8.23. The molecule has 0 amide bonds. The monoisotopic (exact) mass is 179 g/mol. The first-order valence-corrected chi connectivity index (χ1v) is 4.57. The van der Waals surface area contributed by atoms with Gasteiger partial charge >= 0.3 is 0 Å². The second-order valence-electron chi connectivity index (χ2n) is 2.49. The Labute approximate surface area is 79.8 Å². The molecule has 0 aliphatic carbocycles. The van der Waals surface area contributed by atoms with E-state index in [1.165, 1.54) is 0 Å². The maximum absolute atomic E-state index is 10.2. The average Bonchev–Trinajstić information content (AvgIpc) is 2.22. The molecule has 0 radical (unpaired) electrons. The molecule has 1 atom stereocenters. The van der Waals surface area contributed by atoms with Gasteiger partial charge in [0.15, 0.2) is 0 Å². The van der Waals surface area contributed by atoms with Crippen molar-refractivity contribution in [2.75, 3.05) is 0 Å². The summed E-state index contributed by atoms with van der Waals surface area (Å²) >= 11 is 0. The molecule has 0 heterocycles. The number of benzene rings is 1. The third-order valence-electron chi connectivity index (χ3n) is 1.49. The molecule has 1 rings (SSSR count). The molecule has 0 aliphatic heterocycles. The first-order valence-electron chi connectivity index (χ1n) is 4.57. The van der Waals surface area contributed by atoms with Crippen LogP contribution in [0.15, 0.2) is 30.3 Å². The number of carbonyl (C=O) groups excluding carboxylic acids is 1. The van der Waals surface area contributed by atoms with Gasteiger partial charge < -0.3 is 10.5 Å². The fourth-order valence-corrected chi connectivity index (χ4v) is 0.934. The highest BCUT2D eigenvalue weighted by atomic mass is 16.1. The van der Waals surface area contributed by atoms with Crippen molar-refractivity contribution in [1.82, 2.24) is 0 Å². The first kappa shape index (κ1) is 11.8. The van der Waals surface area contributed by atoms with Crippen LogP contribution in [-0.4, -0.2) is 12.3 Å². The molecule has 1 aromatic rings. The van der Waals surface area contributed by atoms with Crippen LogP contribution in [0.2, 0.25) is 0 Å². The fourth-order valence-electron chi connectivity index (χ4n) is 0.934. The lowest BCUT2D eigenvalue weighted by Gasteiger charge is -2.02. The Kier molecular flexibility index (Phi) is 6.83. The molecule has 0 bridgehead atoms. The molecule has 13 heavy (non-hydrogen) atoms. The molecule has 2 heteroatoms. The lowest BCUT2D eigenvalue weighted by atomic mass is 10.1. The van der Waals surface area contributed by atoms with Gasteiger partial charge in [-0.3, -0.25) is 0 Å². The molecule has 0 aromatic heterocycles. The van der Waals surface area contributed by atoms with E-state index >= 15 is 0 Å². The Morgan fingerprint density at radius 3 is 2.31 bits per heavy atom. The largest absolute Gasteiger partial charge is 0.321 e. The number of hydrogen-bond donors (Lipinski definition) is 1. The summed E-state index contributed by atoms with van der Waals surface area (Å²) in [7, 11) is 0. The smallest absolute Gasteiger partial charge is 0.137 e. The molecule has 0 spiro atoms. The predicted octanol–water partition coefficient (Wildman–Crippen LogP) is 1.78. The minimum Gasteiger partial charge on any atom is -0.321 e. The van der Waals surface area contributed by atoms with Crippen LogP contribution in [-0.2, 0) is 11.2 Å². The van der Waals surface area contributed by atoms with Gasteiger partial charge in [0.25, 0.3) is 0 Å². The number of rotatable bonds is 3. The van der Waals surface area contributed by atoms with E-state index in [4.69, 9.17) is 5.73 Å². The summed E-state index contributed by atoms with van der Waals surface area (Å²) in [6.45, 7) is 4.00. The van der Waals surface area contributed by atoms with Gasteiger partial charge in [-0.1, -0.05) is 44.2 Å². The topological polar surface area (TPSA) is 43.1 Å². The van der Waals surface area contributed by atoms with E-state index in [0.717, 1.165) is 11.8 Å². The summed E-state index contributed by atoms with van der Waals surface area (Å²) in [6.07, 6.45) is 1.40. The maximum atomic E-state index is 10.2. The Balaban J connectivity index is 0.000000671. The zero-order valence-corrected chi connectivity index (χ0v) is 8.23. The van der Waals surface area contributed by atoms with E-state index in [1.54, 1.807) is 0 Å². The molecule has 1 aromatic carbocycles. The second-order valence-corrected chi connectivity index (χ2v) is 2.49. The summed E-state index contributed by atoms with van der Waals surface area (Å²) < 4.78 is 0. The van der Waals surface area contributed by atoms with E-state index in [-0.39, 0.29) is 6.04 Å². The van der Waals surface area contributed by atoms with Crippen LogP contribution >= 0.6 is 0 Å². The third-order valence-corrected chi connectivity index (χ3v) is 1.49. The van der Waals surface area contributed by atoms with Crippen molar-refractivity contribution >= 4 is 6.29 Å². The van der Waals surface area contributed by atoms with Gasteiger partial charge in [0.05, 0.1) is 6.04 Å². The van der Waals surface area contributed by atoms with Crippen molar-refractivity contribution in [3.8, 4) is 0 Å². The van der Waals surface area contributed by atoms with Crippen LogP contribution in [0.25, 0.3) is 0 Å². The Hall–Kier alpha value is -1.15. The van der Waals surface area contributed by atoms with Crippen LogP contribution in [0.5, 0.6) is 0 Å². The lowest BCUT2D eigenvalue weighted by Crippen LogP contribution is -2.23. The molecule has 2 N–H and O–H groups in total. The fraction of sp³-hybridized carbons (Fsp3) is 0.364. The third kappa shape index (κ3) is 5.15. The lowest BCUT2D eigenvalue weighted by molar-refractivity contribution is -0.108. The van der Waals surface area contributed by atoms with Crippen molar-refractivity contribution in [3.05, 3.63) is 35.9 Å². The Morgan fingerprint density at radius 2 is 1.85 bits per heavy atom. The van der Waals surface area contributed by atoms with Gasteiger partial charge in [-0.15, -0.1) is 0 Å². The van der Waals surface area contributed by atoms with Gasteiger partial charge in [0, 0.05) is 0 Å². The number of carbonyl (C=O) groups is 1. The van der Waals surface area contributed by atoms with Crippen molar-refractivity contribution in [1.29, 1.82) is 0 Å². The van der Waals surface area contributed by atoms with Gasteiger partial charge in [0.2, 0.25) is 0 Å². The van der Waals surface area contributed by atoms with Crippen molar-refractivity contribution in [3.63, 3.8) is 0 Å². The molecule has 0 fully saturated rings. The van der Waals surface area contributed by atoms with Crippen LogP contribution < -0.4 is 5.73 Å². The summed E-state index contributed by atoms with van der Waals surface area (Å²) in [5, 5.41) is 0. The van der Waals surface area contributed by atoms with E-state index in [2.05, 4.69) is 0 Å². The van der Waals surface area contributed by atoms with Crippen LogP contribution in [0, 0.1) is 0 Å². The first-order chi connectivity index (χ1) is 6.33. The molecule has 72 valence electrons. The molecule has 1 unspecified atom stereocenters. The van der Waals surface area contributed by atoms with Gasteiger partial charge in [-0.25, -0.2) is 0 Å². The molecular formula is C11H17NO. The Morgan fingerprint density at radius 1 is 1.31 bits per heavy atom. The highest BCUT2D eigenvalue weighted by Crippen LogP contribution is 1.99. The summed E-state index contributed by atoms with van der Waals surface area (Å²) in [5.74, 6) is 0. The molecule has 0 saturated heterocycles. The average molecular weight is 179 g/mol. The van der Waals surface area contributed by atoms with E-state index in [9.17, 15) is 4.79 Å². The minimum absolute atomic E-state index is 0.364. The van der Waals surface area contributed by atoms with E-state index < -0.39 is 0 Å². The predicted molar refractivity (Wildman–Crippen MR) is 55.5 cm³/mol. The highest BCUT2D eigenvalue weighted by molar-refractivity contribution is 5.57. The van der Waals surface area contributed by atoms with Crippen LogP contribution in [0.3, 0.4) is 0 Å². The van der Waals surface area contributed by atoms with Crippen molar-refractivity contribution in [2.45, 2.75) is 26.3 Å². The number of nitrogens with two attached hydrogens (primary N) is 1. The van der Waals surface area contributed by atoms with Gasteiger partial charge in [0.1, 0.15) is 6.29 Å². The van der Waals surface area contributed by atoms with Crippen molar-refractivity contribution in [2.24, 2.45) is 5.73 Å². The van der Waals surface area contributed by atoms with Crippen LogP contribution in [0.1, 0.15) is 19.4 Å². The molecular weight excluding hydrogens is 162 g/mol. The molecule has 2 nitrogen and oxygen atoms in total. The molecule has 0 saturated carbocycles. The number of hydrogen-bond acceptors (Lipinski definition) is 2. The summed E-state index contributed by atoms with van der Waals surface area (Å²) in [4.78, 5) is 10.2. The number of aldehydes is 1. The van der Waals surface area contributed by atoms with E-state index in [0.29, 0.717) is 6.42 Å². The van der Waals surface area contributed by atoms with Crippen LogP contribution in [0.4, 0.5) is 0 Å². The van der Waals surface area contributed by atoms with Gasteiger partial charge in [-0.05, 0) is 12.0 Å². The standard InChI is InChI=1S/C9H11NO.C2H6/c10-9(7-11)6-8-4-2-1-3-5-8;1-2/h1-5,7,9H,6,10H2;1-2H3. The van der Waals surface area contributed by atoms with E-state index in [1.807, 2.05) is 44.2 Å². The normalized spacial score (nSPS) is 11.0. The Bertz CT molecular complexity index is 221. The summed E-state index contributed by atoms with van der Waals surface area (Å²) in [5.41, 5.74) is 6.54.